The van der Waals surface area contributed by atoms with Gasteiger partial charge in [0.25, 0.3) is 0 Å². The molecule has 24 heavy (non-hydrogen) atoms. The lowest BCUT2D eigenvalue weighted by molar-refractivity contribution is 0.0594. The van der Waals surface area contributed by atoms with Crippen molar-refractivity contribution < 1.29 is 9.53 Å². The summed E-state index contributed by atoms with van der Waals surface area (Å²) in [4.78, 5) is 22.5. The number of carbonyl (C=O) groups is 1. The summed E-state index contributed by atoms with van der Waals surface area (Å²) in [5.74, 6) is 0.0398. The molecule has 0 spiro atoms. The molecule has 0 saturated carbocycles. The van der Waals surface area contributed by atoms with E-state index in [0.717, 1.165) is 32.5 Å². The average molecular weight is 326 g/mol. The molecule has 0 atom stereocenters. The van der Waals surface area contributed by atoms with Gasteiger partial charge in [-0.3, -0.25) is 4.90 Å². The summed E-state index contributed by atoms with van der Waals surface area (Å²) in [5.41, 5.74) is 1.58. The molecule has 0 amide bonds. The van der Waals surface area contributed by atoms with Crippen LogP contribution in [0.2, 0.25) is 0 Å². The Labute approximate surface area is 141 Å². The van der Waals surface area contributed by atoms with Crippen LogP contribution in [0.25, 0.3) is 0 Å². The molecule has 126 valence electrons. The van der Waals surface area contributed by atoms with Crippen molar-refractivity contribution in [3.63, 3.8) is 0 Å². The third kappa shape index (κ3) is 4.08. The van der Waals surface area contributed by atoms with E-state index in [9.17, 15) is 4.79 Å². The molecule has 0 radical (unpaired) electrons. The van der Waals surface area contributed by atoms with E-state index in [0.29, 0.717) is 5.82 Å². The van der Waals surface area contributed by atoms with E-state index in [1.807, 2.05) is 6.07 Å². The van der Waals surface area contributed by atoms with Gasteiger partial charge < -0.3 is 10.1 Å². The van der Waals surface area contributed by atoms with Crippen LogP contribution in [0.5, 0.6) is 0 Å². The molecule has 1 aromatic heterocycles. The number of rotatable bonds is 5. The van der Waals surface area contributed by atoms with E-state index in [1.54, 1.807) is 6.20 Å². The molecule has 1 aliphatic heterocycles. The predicted octanol–water partition coefficient (Wildman–Crippen LogP) is 2.34. The van der Waals surface area contributed by atoms with Crippen LogP contribution in [-0.2, 0) is 11.3 Å². The number of likely N-dealkylation sites (tertiary alicyclic amines) is 1. The number of benzene rings is 1. The van der Waals surface area contributed by atoms with Crippen molar-refractivity contribution in [3.8, 4) is 0 Å². The molecule has 6 heteroatoms. The zero-order valence-corrected chi connectivity index (χ0v) is 13.8. The van der Waals surface area contributed by atoms with Crippen molar-refractivity contribution in [3.05, 3.63) is 54.0 Å². The quantitative estimate of drug-likeness (QED) is 0.851. The second-order valence-electron chi connectivity index (χ2n) is 5.93. The molecule has 1 fully saturated rings. The summed E-state index contributed by atoms with van der Waals surface area (Å²) in [6, 6.07) is 10.8. The third-order valence-electron chi connectivity index (χ3n) is 4.25. The first-order valence-corrected chi connectivity index (χ1v) is 8.18. The summed E-state index contributed by atoms with van der Waals surface area (Å²) < 4.78 is 4.76. The first kappa shape index (κ1) is 16.4. The monoisotopic (exact) mass is 326 g/mol. The standard InChI is InChI=1S/C18H22N4O2/c1-24-18(23)16-17(20-10-9-19-16)21-15-7-11-22(12-8-15)13-14-5-3-2-4-6-14/h2-6,9-10,15H,7-8,11-13H2,1H3,(H,20,21). The SMILES string of the molecule is COC(=O)c1nccnc1NC1CCN(Cc2ccccc2)CC1. The largest absolute Gasteiger partial charge is 0.464 e. The molecule has 2 aromatic rings. The number of aromatic nitrogens is 2. The second kappa shape index (κ2) is 7.88. The molecule has 3 rings (SSSR count). The molecule has 1 aromatic carbocycles. The Morgan fingerprint density at radius 2 is 1.92 bits per heavy atom. The maximum Gasteiger partial charge on any atom is 0.360 e. The number of nitrogens with one attached hydrogen (secondary N) is 1. The average Bonchev–Trinajstić information content (AvgIpc) is 2.64. The Kier molecular flexibility index (Phi) is 5.38. The number of ether oxygens (including phenoxy) is 1. The van der Waals surface area contributed by atoms with Gasteiger partial charge in [0, 0.05) is 38.1 Å². The molecule has 0 bridgehead atoms. The minimum absolute atomic E-state index is 0.242. The first-order chi connectivity index (χ1) is 11.8. The zero-order valence-electron chi connectivity index (χ0n) is 13.8. The highest BCUT2D eigenvalue weighted by Crippen LogP contribution is 2.19. The van der Waals surface area contributed by atoms with Gasteiger partial charge in [0.15, 0.2) is 11.5 Å². The highest BCUT2D eigenvalue weighted by Gasteiger charge is 2.22. The molecule has 2 heterocycles. The minimum atomic E-state index is -0.466. The van der Waals surface area contributed by atoms with Crippen LogP contribution >= 0.6 is 0 Å². The number of carbonyl (C=O) groups excluding carboxylic acids is 1. The summed E-state index contributed by atoms with van der Waals surface area (Å²) in [5, 5.41) is 3.35. The first-order valence-electron chi connectivity index (χ1n) is 8.18. The van der Waals surface area contributed by atoms with Gasteiger partial charge in [0.2, 0.25) is 0 Å². The maximum absolute atomic E-state index is 11.8. The van der Waals surface area contributed by atoms with Gasteiger partial charge in [-0.2, -0.15) is 0 Å². The lowest BCUT2D eigenvalue weighted by Crippen LogP contribution is -2.39. The molecule has 1 saturated heterocycles. The van der Waals surface area contributed by atoms with Crippen molar-refractivity contribution in [2.75, 3.05) is 25.5 Å². The van der Waals surface area contributed by atoms with E-state index in [4.69, 9.17) is 4.74 Å². The van der Waals surface area contributed by atoms with Gasteiger partial charge in [0.1, 0.15) is 0 Å². The fraction of sp³-hybridized carbons (Fsp3) is 0.389. The molecular weight excluding hydrogens is 304 g/mol. The van der Waals surface area contributed by atoms with Gasteiger partial charge in [0.05, 0.1) is 7.11 Å². The number of methoxy groups -OCH3 is 1. The second-order valence-corrected chi connectivity index (χ2v) is 5.93. The van der Waals surface area contributed by atoms with Crippen molar-refractivity contribution in [2.45, 2.75) is 25.4 Å². The van der Waals surface area contributed by atoms with E-state index >= 15 is 0 Å². The molecule has 0 aliphatic carbocycles. The molecule has 0 unspecified atom stereocenters. The Morgan fingerprint density at radius 1 is 1.21 bits per heavy atom. The van der Waals surface area contributed by atoms with Crippen LogP contribution in [0.4, 0.5) is 5.82 Å². The van der Waals surface area contributed by atoms with Gasteiger partial charge in [-0.15, -0.1) is 0 Å². The van der Waals surface area contributed by atoms with Gasteiger partial charge in [-0.05, 0) is 18.4 Å². The zero-order chi connectivity index (χ0) is 16.8. The summed E-state index contributed by atoms with van der Waals surface area (Å²) >= 11 is 0. The number of hydrogen-bond acceptors (Lipinski definition) is 6. The fourth-order valence-corrected chi connectivity index (χ4v) is 2.96. The number of esters is 1. The molecule has 1 N–H and O–H groups in total. The highest BCUT2D eigenvalue weighted by molar-refractivity contribution is 5.92. The van der Waals surface area contributed by atoms with Crippen molar-refractivity contribution in [1.82, 2.24) is 14.9 Å². The van der Waals surface area contributed by atoms with Crippen LogP contribution in [0.15, 0.2) is 42.7 Å². The van der Waals surface area contributed by atoms with Gasteiger partial charge in [-0.25, -0.2) is 14.8 Å². The highest BCUT2D eigenvalue weighted by atomic mass is 16.5. The van der Waals surface area contributed by atoms with Crippen LogP contribution in [0, 0.1) is 0 Å². The Hall–Kier alpha value is -2.47. The Morgan fingerprint density at radius 3 is 2.62 bits per heavy atom. The van der Waals surface area contributed by atoms with Crippen LogP contribution in [-0.4, -0.2) is 47.1 Å². The van der Waals surface area contributed by atoms with E-state index in [2.05, 4.69) is 44.5 Å². The maximum atomic E-state index is 11.8. The smallest absolute Gasteiger partial charge is 0.360 e. The minimum Gasteiger partial charge on any atom is -0.464 e. The van der Waals surface area contributed by atoms with Crippen molar-refractivity contribution in [2.24, 2.45) is 0 Å². The number of nitrogens with zero attached hydrogens (tertiary/aromatic N) is 3. The summed E-state index contributed by atoms with van der Waals surface area (Å²) in [6.07, 6.45) is 5.09. The normalized spacial score (nSPS) is 15.9. The Balaban J connectivity index is 1.55. The number of anilines is 1. The predicted molar refractivity (Wildman–Crippen MR) is 91.7 cm³/mol. The van der Waals surface area contributed by atoms with Crippen molar-refractivity contribution >= 4 is 11.8 Å². The fourth-order valence-electron chi connectivity index (χ4n) is 2.96. The van der Waals surface area contributed by atoms with E-state index < -0.39 is 5.97 Å². The molecule has 6 nitrogen and oxygen atoms in total. The molecule has 1 aliphatic rings. The lowest BCUT2D eigenvalue weighted by Gasteiger charge is -2.32. The van der Waals surface area contributed by atoms with Crippen LogP contribution in [0.3, 0.4) is 0 Å². The molecular formula is C18H22N4O2. The third-order valence-corrected chi connectivity index (χ3v) is 4.25. The van der Waals surface area contributed by atoms with Crippen molar-refractivity contribution in [1.29, 1.82) is 0 Å². The van der Waals surface area contributed by atoms with Gasteiger partial charge >= 0.3 is 5.97 Å². The van der Waals surface area contributed by atoms with Crippen LogP contribution in [0.1, 0.15) is 28.9 Å². The number of hydrogen-bond donors (Lipinski definition) is 1. The summed E-state index contributed by atoms with van der Waals surface area (Å²) in [7, 11) is 1.35. The summed E-state index contributed by atoms with van der Waals surface area (Å²) in [6.45, 7) is 3.01. The van der Waals surface area contributed by atoms with Gasteiger partial charge in [-0.1, -0.05) is 30.3 Å². The lowest BCUT2D eigenvalue weighted by atomic mass is 10.0. The Bertz CT molecular complexity index is 670. The topological polar surface area (TPSA) is 67.3 Å². The number of piperidine rings is 1. The van der Waals surface area contributed by atoms with E-state index in [-0.39, 0.29) is 11.7 Å². The van der Waals surface area contributed by atoms with Crippen LogP contribution < -0.4 is 5.32 Å². The van der Waals surface area contributed by atoms with E-state index in [1.165, 1.54) is 18.9 Å².